The van der Waals surface area contributed by atoms with Gasteiger partial charge in [-0.2, -0.15) is 0 Å². The molecule has 0 aliphatic carbocycles. The van der Waals surface area contributed by atoms with Crippen LogP contribution in [-0.4, -0.2) is 37.9 Å². The van der Waals surface area contributed by atoms with E-state index < -0.39 is 17.9 Å². The Labute approximate surface area is 111 Å². The van der Waals surface area contributed by atoms with Gasteiger partial charge in [-0.1, -0.05) is 11.6 Å². The average molecular weight is 277 g/mol. The fourth-order valence-electron chi connectivity index (χ4n) is 1.63. The lowest BCUT2D eigenvalue weighted by atomic mass is 10.0. The Morgan fingerprint density at radius 3 is 2.33 bits per heavy atom. The predicted molar refractivity (Wildman–Crippen MR) is 65.0 cm³/mol. The van der Waals surface area contributed by atoms with Crippen LogP contribution in [0.1, 0.15) is 20.3 Å². The lowest BCUT2D eigenvalue weighted by Gasteiger charge is -2.16. The zero-order valence-electron chi connectivity index (χ0n) is 10.5. The Bertz CT molecular complexity index is 321. The first-order valence-corrected chi connectivity index (χ1v) is 6.27. The number of carbonyl (C=O) groups is 2. The van der Waals surface area contributed by atoms with Crippen LogP contribution in [-0.2, 0) is 23.8 Å². The van der Waals surface area contributed by atoms with Crippen molar-refractivity contribution < 1.29 is 23.8 Å². The molecule has 0 aromatic rings. The molecule has 0 radical (unpaired) electrons. The highest BCUT2D eigenvalue weighted by Crippen LogP contribution is 2.22. The van der Waals surface area contributed by atoms with Gasteiger partial charge in [0.1, 0.15) is 0 Å². The minimum absolute atomic E-state index is 0.188. The number of rotatable bonds is 6. The molecule has 1 aliphatic heterocycles. The van der Waals surface area contributed by atoms with Crippen LogP contribution in [0.2, 0.25) is 0 Å². The van der Waals surface area contributed by atoms with Gasteiger partial charge in [0.15, 0.2) is 5.92 Å². The van der Waals surface area contributed by atoms with E-state index in [0.717, 1.165) is 0 Å². The Hall–Kier alpha value is -1.07. The van der Waals surface area contributed by atoms with Gasteiger partial charge in [0, 0.05) is 11.5 Å². The maximum absolute atomic E-state index is 11.7. The van der Waals surface area contributed by atoms with Gasteiger partial charge in [0.2, 0.25) is 0 Å². The largest absolute Gasteiger partial charge is 0.465 e. The van der Waals surface area contributed by atoms with Crippen molar-refractivity contribution in [3.05, 3.63) is 11.1 Å². The first-order valence-electron chi connectivity index (χ1n) is 5.89. The van der Waals surface area contributed by atoms with E-state index in [1.54, 1.807) is 19.9 Å². The van der Waals surface area contributed by atoms with Crippen molar-refractivity contribution in [3.8, 4) is 0 Å². The third kappa shape index (κ3) is 4.31. The van der Waals surface area contributed by atoms with Gasteiger partial charge in [-0.25, -0.2) is 0 Å². The lowest BCUT2D eigenvalue weighted by molar-refractivity contribution is -0.163. The highest BCUT2D eigenvalue weighted by atomic mass is 35.5. The number of hydrogen-bond acceptors (Lipinski definition) is 5. The SMILES string of the molecule is CCOC(=O)C(CC1C=C(Cl)CO1)C(=O)OCC. The molecule has 18 heavy (non-hydrogen) atoms. The average Bonchev–Trinajstić information content (AvgIpc) is 2.72. The monoisotopic (exact) mass is 276 g/mol. The molecule has 0 N–H and O–H groups in total. The van der Waals surface area contributed by atoms with Crippen molar-refractivity contribution in [2.24, 2.45) is 5.92 Å². The van der Waals surface area contributed by atoms with Crippen LogP contribution in [0.5, 0.6) is 0 Å². The number of esters is 2. The van der Waals surface area contributed by atoms with E-state index >= 15 is 0 Å². The molecule has 1 rings (SSSR count). The molecule has 0 saturated heterocycles. The molecule has 0 aromatic heterocycles. The summed E-state index contributed by atoms with van der Waals surface area (Å²) in [6.45, 7) is 4.12. The minimum atomic E-state index is -0.964. The summed E-state index contributed by atoms with van der Waals surface area (Å²) in [5.74, 6) is -2.14. The standard InChI is InChI=1S/C12H17ClO5/c1-3-16-11(14)10(12(15)17-4-2)6-9-5-8(13)7-18-9/h5,9-10H,3-4,6-7H2,1-2H3. The van der Waals surface area contributed by atoms with E-state index in [0.29, 0.717) is 11.6 Å². The second-order valence-electron chi connectivity index (χ2n) is 3.76. The number of halogens is 1. The maximum Gasteiger partial charge on any atom is 0.320 e. The summed E-state index contributed by atoms with van der Waals surface area (Å²) in [6.07, 6.45) is 1.53. The summed E-state index contributed by atoms with van der Waals surface area (Å²) in [4.78, 5) is 23.4. The quantitative estimate of drug-likeness (QED) is 0.545. The maximum atomic E-state index is 11.7. The normalized spacial score (nSPS) is 18.7. The van der Waals surface area contributed by atoms with E-state index in [2.05, 4.69) is 0 Å². The molecule has 0 aromatic carbocycles. The predicted octanol–water partition coefficient (Wildman–Crippen LogP) is 1.64. The Kier molecular flexibility index (Phi) is 6.15. The molecule has 0 saturated carbocycles. The molecule has 0 fully saturated rings. The van der Waals surface area contributed by atoms with Crippen LogP contribution in [0.25, 0.3) is 0 Å². The summed E-state index contributed by atoms with van der Waals surface area (Å²) < 4.78 is 15.0. The Morgan fingerprint density at radius 1 is 1.39 bits per heavy atom. The molecule has 5 nitrogen and oxygen atoms in total. The van der Waals surface area contributed by atoms with Gasteiger partial charge in [-0.05, 0) is 19.9 Å². The van der Waals surface area contributed by atoms with Crippen molar-refractivity contribution in [1.82, 2.24) is 0 Å². The molecular weight excluding hydrogens is 260 g/mol. The van der Waals surface area contributed by atoms with Crippen LogP contribution in [0.3, 0.4) is 0 Å². The van der Waals surface area contributed by atoms with E-state index in [1.165, 1.54) is 0 Å². The van der Waals surface area contributed by atoms with Gasteiger partial charge in [-0.15, -0.1) is 0 Å². The summed E-state index contributed by atoms with van der Waals surface area (Å²) in [7, 11) is 0. The summed E-state index contributed by atoms with van der Waals surface area (Å²) in [5.41, 5.74) is 0. The van der Waals surface area contributed by atoms with Crippen LogP contribution in [0.15, 0.2) is 11.1 Å². The van der Waals surface area contributed by atoms with Crippen LogP contribution in [0.4, 0.5) is 0 Å². The number of hydrogen-bond donors (Lipinski definition) is 0. The second-order valence-corrected chi connectivity index (χ2v) is 4.24. The minimum Gasteiger partial charge on any atom is -0.465 e. The van der Waals surface area contributed by atoms with Gasteiger partial charge in [0.05, 0.1) is 25.9 Å². The Balaban J connectivity index is 2.65. The zero-order valence-corrected chi connectivity index (χ0v) is 11.2. The molecule has 1 aliphatic rings. The summed E-state index contributed by atoms with van der Waals surface area (Å²) >= 11 is 5.78. The molecule has 102 valence electrons. The third-order valence-corrected chi connectivity index (χ3v) is 2.65. The van der Waals surface area contributed by atoms with Gasteiger partial charge in [-0.3, -0.25) is 9.59 Å². The molecule has 1 atom stereocenters. The number of ether oxygens (including phenoxy) is 3. The van der Waals surface area contributed by atoms with E-state index in [4.69, 9.17) is 25.8 Å². The topological polar surface area (TPSA) is 61.8 Å². The second kappa shape index (κ2) is 7.38. The van der Waals surface area contributed by atoms with Crippen molar-refractivity contribution in [3.63, 3.8) is 0 Å². The summed E-state index contributed by atoms with van der Waals surface area (Å²) in [5, 5.41) is 0.575. The van der Waals surface area contributed by atoms with Crippen LogP contribution in [0, 0.1) is 5.92 Å². The number of carbonyl (C=O) groups excluding carboxylic acids is 2. The molecule has 6 heteroatoms. The van der Waals surface area contributed by atoms with Gasteiger partial charge in [0.25, 0.3) is 0 Å². The van der Waals surface area contributed by atoms with Crippen molar-refractivity contribution in [1.29, 1.82) is 0 Å². The highest BCUT2D eigenvalue weighted by Gasteiger charge is 2.33. The lowest BCUT2D eigenvalue weighted by Crippen LogP contribution is -2.31. The van der Waals surface area contributed by atoms with Crippen LogP contribution >= 0.6 is 11.6 Å². The fraction of sp³-hybridized carbons (Fsp3) is 0.667. The molecular formula is C12H17ClO5. The molecule has 1 unspecified atom stereocenters. The van der Waals surface area contributed by atoms with Gasteiger partial charge < -0.3 is 14.2 Å². The third-order valence-electron chi connectivity index (χ3n) is 2.41. The van der Waals surface area contributed by atoms with E-state index in [1.807, 2.05) is 0 Å². The highest BCUT2D eigenvalue weighted by molar-refractivity contribution is 6.30. The first-order chi connectivity index (χ1) is 8.58. The molecule has 0 bridgehead atoms. The van der Waals surface area contributed by atoms with E-state index in [-0.39, 0.29) is 25.7 Å². The van der Waals surface area contributed by atoms with Crippen molar-refractivity contribution >= 4 is 23.5 Å². The Morgan fingerprint density at radius 2 is 1.94 bits per heavy atom. The fourth-order valence-corrected chi connectivity index (χ4v) is 1.83. The van der Waals surface area contributed by atoms with Crippen molar-refractivity contribution in [2.75, 3.05) is 19.8 Å². The van der Waals surface area contributed by atoms with Crippen LogP contribution < -0.4 is 0 Å². The van der Waals surface area contributed by atoms with E-state index in [9.17, 15) is 9.59 Å². The first kappa shape index (κ1) is 15.0. The molecule has 0 spiro atoms. The molecule has 0 amide bonds. The molecule has 1 heterocycles. The van der Waals surface area contributed by atoms with Gasteiger partial charge >= 0.3 is 11.9 Å². The summed E-state index contributed by atoms with van der Waals surface area (Å²) in [6, 6.07) is 0. The smallest absolute Gasteiger partial charge is 0.320 e. The van der Waals surface area contributed by atoms with Crippen molar-refractivity contribution in [2.45, 2.75) is 26.4 Å². The zero-order chi connectivity index (χ0) is 13.5.